The Morgan fingerprint density at radius 1 is 1.00 bits per heavy atom. The number of hydrogen-bond acceptors (Lipinski definition) is 4. The molecule has 0 fully saturated rings. The molecular formula is C24H19ClF3NO5. The van der Waals surface area contributed by atoms with Crippen molar-refractivity contribution < 1.29 is 37.7 Å². The van der Waals surface area contributed by atoms with Crippen molar-refractivity contribution in [3.05, 3.63) is 94.0 Å². The lowest BCUT2D eigenvalue weighted by Crippen LogP contribution is -2.42. The van der Waals surface area contributed by atoms with Crippen molar-refractivity contribution in [3.8, 4) is 11.5 Å². The molecule has 0 bridgehead atoms. The molecule has 0 aliphatic rings. The van der Waals surface area contributed by atoms with E-state index >= 15 is 0 Å². The molecule has 1 atom stereocenters. The molecule has 0 spiro atoms. The summed E-state index contributed by atoms with van der Waals surface area (Å²) in [4.78, 5) is 24.2. The minimum atomic E-state index is -4.53. The monoisotopic (exact) mass is 493 g/mol. The number of alkyl halides is 3. The average Bonchev–Trinajstić information content (AvgIpc) is 2.78. The summed E-state index contributed by atoms with van der Waals surface area (Å²) in [5.74, 6) is -1.76. The summed E-state index contributed by atoms with van der Waals surface area (Å²) in [6.07, 6.45) is -4.52. The predicted octanol–water partition coefficient (Wildman–Crippen LogP) is 5.07. The fourth-order valence-electron chi connectivity index (χ4n) is 3.07. The van der Waals surface area contributed by atoms with Crippen LogP contribution in [0.5, 0.6) is 11.5 Å². The van der Waals surface area contributed by atoms with Gasteiger partial charge in [-0.2, -0.15) is 13.2 Å². The number of hydrogen-bond donors (Lipinski definition) is 3. The number of benzene rings is 3. The Morgan fingerprint density at radius 2 is 1.71 bits per heavy atom. The van der Waals surface area contributed by atoms with E-state index in [1.165, 1.54) is 24.3 Å². The normalized spacial score (nSPS) is 12.1. The van der Waals surface area contributed by atoms with Gasteiger partial charge in [-0.3, -0.25) is 4.79 Å². The standard InChI is InChI=1S/C24H19ClF3NO5/c25-19-12-17(24(26,27)28)6-9-21(19)34-13-15-2-1-3-16(10-15)22(31)29-20(23(32)33)11-14-4-7-18(30)8-5-14/h1-10,12,20,30H,11,13H2,(H,29,31)(H,32,33)/t20-/m0/s1. The molecule has 0 aliphatic carbocycles. The quantitative estimate of drug-likeness (QED) is 0.407. The molecule has 10 heteroatoms. The van der Waals surface area contributed by atoms with Gasteiger partial charge in [0.05, 0.1) is 10.6 Å². The lowest BCUT2D eigenvalue weighted by molar-refractivity contribution is -0.139. The van der Waals surface area contributed by atoms with Gasteiger partial charge in [-0.15, -0.1) is 0 Å². The number of halogens is 4. The maximum atomic E-state index is 12.8. The van der Waals surface area contributed by atoms with Crippen LogP contribution < -0.4 is 10.1 Å². The third-order valence-electron chi connectivity index (χ3n) is 4.82. The van der Waals surface area contributed by atoms with Gasteiger partial charge >= 0.3 is 12.1 Å². The van der Waals surface area contributed by atoms with Gasteiger partial charge in [-0.1, -0.05) is 35.9 Å². The molecular weight excluding hydrogens is 475 g/mol. The lowest BCUT2D eigenvalue weighted by Gasteiger charge is -2.15. The van der Waals surface area contributed by atoms with E-state index < -0.39 is 29.7 Å². The average molecular weight is 494 g/mol. The molecule has 3 aromatic carbocycles. The van der Waals surface area contributed by atoms with E-state index in [1.54, 1.807) is 24.3 Å². The maximum absolute atomic E-state index is 12.8. The SMILES string of the molecule is O=C(N[C@@H](Cc1ccc(O)cc1)C(=O)O)c1cccc(COc2ccc(C(F)(F)F)cc2Cl)c1. The van der Waals surface area contributed by atoms with Crippen LogP contribution in [0.2, 0.25) is 5.02 Å². The van der Waals surface area contributed by atoms with Crippen molar-refractivity contribution in [1.82, 2.24) is 5.32 Å². The summed E-state index contributed by atoms with van der Waals surface area (Å²) in [6, 6.07) is 13.7. The number of aromatic hydroxyl groups is 1. The highest BCUT2D eigenvalue weighted by atomic mass is 35.5. The third-order valence-corrected chi connectivity index (χ3v) is 5.12. The number of phenols is 1. The van der Waals surface area contributed by atoms with E-state index in [0.717, 1.165) is 18.2 Å². The van der Waals surface area contributed by atoms with Crippen molar-refractivity contribution in [1.29, 1.82) is 0 Å². The molecule has 0 heterocycles. The second-order valence-corrected chi connectivity index (χ2v) is 7.77. The van der Waals surface area contributed by atoms with Gasteiger partial charge in [0.25, 0.3) is 5.91 Å². The second kappa shape index (κ2) is 10.5. The van der Waals surface area contributed by atoms with Crippen molar-refractivity contribution >= 4 is 23.5 Å². The Kier molecular flexibility index (Phi) is 7.68. The fourth-order valence-corrected chi connectivity index (χ4v) is 3.30. The summed E-state index contributed by atoms with van der Waals surface area (Å²) < 4.78 is 43.8. The Hall–Kier alpha value is -3.72. The summed E-state index contributed by atoms with van der Waals surface area (Å²) in [7, 11) is 0. The van der Waals surface area contributed by atoms with Crippen LogP contribution in [0.15, 0.2) is 66.7 Å². The number of aliphatic carboxylic acids is 1. The first-order valence-electron chi connectivity index (χ1n) is 9.93. The van der Waals surface area contributed by atoms with Gasteiger partial charge in [0.2, 0.25) is 0 Å². The molecule has 3 rings (SSSR count). The molecule has 178 valence electrons. The Bertz CT molecular complexity index is 1180. The molecule has 0 unspecified atom stereocenters. The number of phenolic OH excluding ortho intramolecular Hbond substituents is 1. The van der Waals surface area contributed by atoms with Gasteiger partial charge in [0.1, 0.15) is 24.1 Å². The highest BCUT2D eigenvalue weighted by Crippen LogP contribution is 2.35. The smallest absolute Gasteiger partial charge is 0.416 e. The molecule has 0 aromatic heterocycles. The first kappa shape index (κ1) is 24.9. The molecule has 3 N–H and O–H groups in total. The Labute approximate surface area is 197 Å². The predicted molar refractivity (Wildman–Crippen MR) is 118 cm³/mol. The second-order valence-electron chi connectivity index (χ2n) is 7.37. The van der Waals surface area contributed by atoms with Crippen LogP contribution >= 0.6 is 11.6 Å². The van der Waals surface area contributed by atoms with Crippen LogP contribution in [0.3, 0.4) is 0 Å². The van der Waals surface area contributed by atoms with Crippen molar-refractivity contribution in [2.75, 3.05) is 0 Å². The highest BCUT2D eigenvalue weighted by Gasteiger charge is 2.31. The zero-order valence-corrected chi connectivity index (χ0v) is 18.2. The number of carboxylic acid groups (broad SMARTS) is 1. The number of carbonyl (C=O) groups is 2. The van der Waals surface area contributed by atoms with Gasteiger partial charge in [-0.25, -0.2) is 4.79 Å². The van der Waals surface area contributed by atoms with Crippen molar-refractivity contribution in [2.45, 2.75) is 25.2 Å². The Balaban J connectivity index is 1.66. The number of carbonyl (C=O) groups excluding carboxylic acids is 1. The molecule has 0 saturated carbocycles. The minimum Gasteiger partial charge on any atom is -0.508 e. The molecule has 0 saturated heterocycles. The number of rotatable bonds is 8. The fraction of sp³-hybridized carbons (Fsp3) is 0.167. The van der Waals surface area contributed by atoms with Gasteiger partial charge in [0.15, 0.2) is 0 Å². The molecule has 1 amide bonds. The van der Waals surface area contributed by atoms with E-state index in [2.05, 4.69) is 5.32 Å². The maximum Gasteiger partial charge on any atom is 0.416 e. The van der Waals surface area contributed by atoms with E-state index in [-0.39, 0.29) is 35.1 Å². The summed E-state index contributed by atoms with van der Waals surface area (Å²) >= 11 is 5.89. The van der Waals surface area contributed by atoms with Crippen LogP contribution in [-0.2, 0) is 24.0 Å². The zero-order chi connectivity index (χ0) is 24.9. The summed E-state index contributed by atoms with van der Waals surface area (Å²) in [5.41, 5.74) is 0.412. The van der Waals surface area contributed by atoms with E-state index in [9.17, 15) is 33.0 Å². The lowest BCUT2D eigenvalue weighted by atomic mass is 10.0. The van der Waals surface area contributed by atoms with Crippen LogP contribution in [-0.4, -0.2) is 28.1 Å². The Morgan fingerprint density at radius 3 is 2.32 bits per heavy atom. The number of nitrogens with one attached hydrogen (secondary N) is 1. The number of amides is 1. The first-order valence-corrected chi connectivity index (χ1v) is 10.3. The van der Waals surface area contributed by atoms with E-state index in [0.29, 0.717) is 11.1 Å². The third kappa shape index (κ3) is 6.64. The van der Waals surface area contributed by atoms with E-state index in [4.69, 9.17) is 16.3 Å². The molecule has 0 radical (unpaired) electrons. The van der Waals surface area contributed by atoms with Crippen LogP contribution in [0.1, 0.15) is 27.0 Å². The zero-order valence-electron chi connectivity index (χ0n) is 17.5. The van der Waals surface area contributed by atoms with Gasteiger partial charge in [0, 0.05) is 12.0 Å². The summed E-state index contributed by atoms with van der Waals surface area (Å²) in [5, 5.41) is 21.1. The highest BCUT2D eigenvalue weighted by molar-refractivity contribution is 6.32. The van der Waals surface area contributed by atoms with E-state index in [1.807, 2.05) is 0 Å². The summed E-state index contributed by atoms with van der Waals surface area (Å²) in [6.45, 7) is -0.0813. The number of ether oxygens (including phenoxy) is 1. The molecule has 0 aliphatic heterocycles. The largest absolute Gasteiger partial charge is 0.508 e. The molecule has 3 aromatic rings. The number of carboxylic acids is 1. The molecule has 6 nitrogen and oxygen atoms in total. The molecule has 34 heavy (non-hydrogen) atoms. The van der Waals surface area contributed by atoms with Crippen molar-refractivity contribution in [3.63, 3.8) is 0 Å². The van der Waals surface area contributed by atoms with Gasteiger partial charge < -0.3 is 20.3 Å². The first-order chi connectivity index (χ1) is 16.0. The minimum absolute atomic E-state index is 0.0105. The van der Waals surface area contributed by atoms with Crippen LogP contribution in [0, 0.1) is 0 Å². The van der Waals surface area contributed by atoms with Gasteiger partial charge in [-0.05, 0) is 53.6 Å². The van der Waals surface area contributed by atoms with Crippen LogP contribution in [0.4, 0.5) is 13.2 Å². The van der Waals surface area contributed by atoms with Crippen molar-refractivity contribution in [2.24, 2.45) is 0 Å². The topological polar surface area (TPSA) is 95.9 Å². The van der Waals surface area contributed by atoms with Crippen LogP contribution in [0.25, 0.3) is 0 Å².